The van der Waals surface area contributed by atoms with Crippen molar-refractivity contribution in [1.29, 1.82) is 0 Å². The molecule has 1 aliphatic rings. The van der Waals surface area contributed by atoms with Gasteiger partial charge in [-0.2, -0.15) is 0 Å². The van der Waals surface area contributed by atoms with Crippen molar-refractivity contribution in [2.24, 2.45) is 0 Å². The van der Waals surface area contributed by atoms with E-state index in [1.807, 2.05) is 17.0 Å². The van der Waals surface area contributed by atoms with Crippen molar-refractivity contribution < 1.29 is 14.3 Å². The second-order valence-corrected chi connectivity index (χ2v) is 7.89. The first-order valence-corrected chi connectivity index (χ1v) is 9.69. The van der Waals surface area contributed by atoms with Crippen LogP contribution in [-0.4, -0.2) is 60.3 Å². The number of nitrogens with zero attached hydrogens (tertiary/aromatic N) is 2. The van der Waals surface area contributed by atoms with Gasteiger partial charge in [-0.1, -0.05) is 32.9 Å². The highest BCUT2D eigenvalue weighted by Crippen LogP contribution is 2.24. The summed E-state index contributed by atoms with van der Waals surface area (Å²) in [5, 5.41) is 0. The SMILES string of the molecule is CC(C)(C)c1ccc(OCCCC(=O)N2CCN(C(=O)CCl)CC2)cc1. The minimum Gasteiger partial charge on any atom is -0.494 e. The average molecular weight is 381 g/mol. The Balaban J connectivity index is 1.67. The lowest BCUT2D eigenvalue weighted by Crippen LogP contribution is -2.50. The topological polar surface area (TPSA) is 49.9 Å². The molecule has 1 heterocycles. The maximum Gasteiger partial charge on any atom is 0.237 e. The quantitative estimate of drug-likeness (QED) is 0.563. The molecular weight excluding hydrogens is 352 g/mol. The maximum absolute atomic E-state index is 12.3. The molecule has 26 heavy (non-hydrogen) atoms. The van der Waals surface area contributed by atoms with Gasteiger partial charge in [0.15, 0.2) is 0 Å². The summed E-state index contributed by atoms with van der Waals surface area (Å²) in [5.41, 5.74) is 1.40. The molecule has 0 atom stereocenters. The van der Waals surface area contributed by atoms with Crippen molar-refractivity contribution in [1.82, 2.24) is 9.80 Å². The third kappa shape index (κ3) is 5.90. The van der Waals surface area contributed by atoms with Crippen LogP contribution < -0.4 is 4.74 Å². The van der Waals surface area contributed by atoms with Gasteiger partial charge in [-0.3, -0.25) is 9.59 Å². The smallest absolute Gasteiger partial charge is 0.237 e. The molecule has 5 nitrogen and oxygen atoms in total. The molecule has 0 aromatic heterocycles. The number of alkyl halides is 1. The Labute approximate surface area is 161 Å². The highest BCUT2D eigenvalue weighted by molar-refractivity contribution is 6.27. The van der Waals surface area contributed by atoms with E-state index in [1.165, 1.54) is 5.56 Å². The van der Waals surface area contributed by atoms with Crippen LogP contribution in [0.1, 0.15) is 39.2 Å². The molecule has 1 aromatic carbocycles. The van der Waals surface area contributed by atoms with Gasteiger partial charge < -0.3 is 14.5 Å². The molecule has 2 amide bonds. The molecule has 0 unspecified atom stereocenters. The van der Waals surface area contributed by atoms with Crippen LogP contribution >= 0.6 is 11.6 Å². The number of amides is 2. The molecule has 0 radical (unpaired) electrons. The fourth-order valence-electron chi connectivity index (χ4n) is 2.91. The zero-order chi connectivity index (χ0) is 19.2. The molecule has 0 spiro atoms. The van der Waals surface area contributed by atoms with Crippen molar-refractivity contribution in [2.75, 3.05) is 38.7 Å². The van der Waals surface area contributed by atoms with Crippen LogP contribution in [0.15, 0.2) is 24.3 Å². The first kappa shape index (κ1) is 20.6. The summed E-state index contributed by atoms with van der Waals surface area (Å²) in [6.07, 6.45) is 1.14. The van der Waals surface area contributed by atoms with E-state index in [4.69, 9.17) is 16.3 Å². The van der Waals surface area contributed by atoms with Gasteiger partial charge >= 0.3 is 0 Å². The lowest BCUT2D eigenvalue weighted by molar-refractivity contribution is -0.138. The molecule has 1 aliphatic heterocycles. The number of carbonyl (C=O) groups excluding carboxylic acids is 2. The van der Waals surface area contributed by atoms with E-state index in [1.54, 1.807) is 4.90 Å². The summed E-state index contributed by atoms with van der Waals surface area (Å²) < 4.78 is 5.74. The van der Waals surface area contributed by atoms with Gasteiger partial charge in [0.1, 0.15) is 11.6 Å². The Kier molecular flexibility index (Phi) is 7.33. The number of carbonyl (C=O) groups is 2. The molecule has 144 valence electrons. The molecule has 0 saturated carbocycles. The molecule has 1 fully saturated rings. The highest BCUT2D eigenvalue weighted by Gasteiger charge is 2.23. The standard InChI is InChI=1S/C20H29ClN2O3/c1-20(2,3)16-6-8-17(9-7-16)26-14-4-5-18(24)22-10-12-23(13-11-22)19(25)15-21/h6-9H,4-5,10-15H2,1-3H3. The minimum absolute atomic E-state index is 0.00200. The lowest BCUT2D eigenvalue weighted by Gasteiger charge is -2.34. The van der Waals surface area contributed by atoms with Crippen LogP contribution in [0, 0.1) is 0 Å². The predicted molar refractivity (Wildman–Crippen MR) is 104 cm³/mol. The molecule has 6 heteroatoms. The average Bonchev–Trinajstić information content (AvgIpc) is 2.64. The number of hydrogen-bond donors (Lipinski definition) is 0. The zero-order valence-corrected chi connectivity index (χ0v) is 16.7. The van der Waals surface area contributed by atoms with Gasteiger partial charge in [0.05, 0.1) is 6.61 Å². The monoisotopic (exact) mass is 380 g/mol. The van der Waals surface area contributed by atoms with E-state index >= 15 is 0 Å². The molecule has 1 saturated heterocycles. The van der Waals surface area contributed by atoms with Gasteiger partial charge in [-0.25, -0.2) is 0 Å². The fourth-order valence-corrected chi connectivity index (χ4v) is 3.08. The van der Waals surface area contributed by atoms with Crippen LogP contribution in [0.25, 0.3) is 0 Å². The molecule has 0 bridgehead atoms. The van der Waals surface area contributed by atoms with Gasteiger partial charge in [0.2, 0.25) is 11.8 Å². The Bertz CT molecular complexity index is 602. The summed E-state index contributed by atoms with van der Waals surface area (Å²) >= 11 is 5.56. The molecule has 0 aliphatic carbocycles. The Morgan fingerprint density at radius 1 is 1.00 bits per heavy atom. The summed E-state index contributed by atoms with van der Waals surface area (Å²) in [7, 11) is 0. The van der Waals surface area contributed by atoms with E-state index in [9.17, 15) is 9.59 Å². The van der Waals surface area contributed by atoms with Crippen LogP contribution in [0.4, 0.5) is 0 Å². The van der Waals surface area contributed by atoms with Gasteiger partial charge in [-0.05, 0) is 29.5 Å². The minimum atomic E-state index is -0.0651. The summed E-state index contributed by atoms with van der Waals surface area (Å²) in [5.74, 6) is 0.889. The van der Waals surface area contributed by atoms with Crippen molar-refractivity contribution in [2.45, 2.75) is 39.0 Å². The maximum atomic E-state index is 12.3. The Hall–Kier alpha value is -1.75. The Morgan fingerprint density at radius 3 is 2.04 bits per heavy atom. The molecule has 0 N–H and O–H groups in total. The van der Waals surface area contributed by atoms with Gasteiger partial charge in [-0.15, -0.1) is 11.6 Å². The van der Waals surface area contributed by atoms with Crippen LogP contribution in [0.2, 0.25) is 0 Å². The number of halogens is 1. The summed E-state index contributed by atoms with van der Waals surface area (Å²) in [6.45, 7) is 9.35. The summed E-state index contributed by atoms with van der Waals surface area (Å²) in [6, 6.07) is 8.13. The summed E-state index contributed by atoms with van der Waals surface area (Å²) in [4.78, 5) is 27.3. The van der Waals surface area contributed by atoms with Crippen LogP contribution in [0.3, 0.4) is 0 Å². The number of ether oxygens (including phenoxy) is 1. The van der Waals surface area contributed by atoms with Crippen molar-refractivity contribution >= 4 is 23.4 Å². The second kappa shape index (κ2) is 9.26. The van der Waals surface area contributed by atoms with E-state index in [0.717, 1.165) is 5.75 Å². The van der Waals surface area contributed by atoms with E-state index in [2.05, 4.69) is 32.9 Å². The largest absolute Gasteiger partial charge is 0.494 e. The number of benzene rings is 1. The zero-order valence-electron chi connectivity index (χ0n) is 16.0. The molecule has 2 rings (SSSR count). The van der Waals surface area contributed by atoms with E-state index < -0.39 is 0 Å². The normalized spacial score (nSPS) is 15.1. The molecular formula is C20H29ClN2O3. The first-order chi connectivity index (χ1) is 12.3. The van der Waals surface area contributed by atoms with Crippen molar-refractivity contribution in [3.8, 4) is 5.75 Å². The Morgan fingerprint density at radius 2 is 1.54 bits per heavy atom. The van der Waals surface area contributed by atoms with Crippen LogP contribution in [0.5, 0.6) is 5.75 Å². The first-order valence-electron chi connectivity index (χ1n) is 9.16. The van der Waals surface area contributed by atoms with E-state index in [-0.39, 0.29) is 23.1 Å². The predicted octanol–water partition coefficient (Wildman–Crippen LogP) is 3.05. The lowest BCUT2D eigenvalue weighted by atomic mass is 9.87. The van der Waals surface area contributed by atoms with Gasteiger partial charge in [0.25, 0.3) is 0 Å². The van der Waals surface area contributed by atoms with Gasteiger partial charge in [0, 0.05) is 32.6 Å². The van der Waals surface area contributed by atoms with E-state index in [0.29, 0.717) is 45.6 Å². The fraction of sp³-hybridized carbons (Fsp3) is 0.600. The second-order valence-electron chi connectivity index (χ2n) is 7.62. The van der Waals surface area contributed by atoms with Crippen molar-refractivity contribution in [3.63, 3.8) is 0 Å². The number of hydrogen-bond acceptors (Lipinski definition) is 3. The number of rotatable bonds is 6. The van der Waals surface area contributed by atoms with Crippen molar-refractivity contribution in [3.05, 3.63) is 29.8 Å². The van der Waals surface area contributed by atoms with Crippen LogP contribution in [-0.2, 0) is 15.0 Å². The third-order valence-electron chi connectivity index (χ3n) is 4.62. The number of piperazine rings is 1. The molecule has 1 aromatic rings. The third-order valence-corrected chi connectivity index (χ3v) is 4.85. The highest BCUT2D eigenvalue weighted by atomic mass is 35.5.